The normalized spacial score (nSPS) is 28.0. The van der Waals surface area contributed by atoms with Gasteiger partial charge in [-0.2, -0.15) is 0 Å². The van der Waals surface area contributed by atoms with E-state index in [4.69, 9.17) is 10.5 Å². The van der Waals surface area contributed by atoms with Crippen molar-refractivity contribution in [1.82, 2.24) is 4.90 Å². The smallest absolute Gasteiger partial charge is 0.240 e. The average molecular weight is 242 g/mol. The van der Waals surface area contributed by atoms with E-state index in [2.05, 4.69) is 6.92 Å². The van der Waals surface area contributed by atoms with Crippen molar-refractivity contribution in [3.05, 3.63) is 0 Å². The Morgan fingerprint density at radius 1 is 1.53 bits per heavy atom. The van der Waals surface area contributed by atoms with Crippen LogP contribution in [0, 0.1) is 5.41 Å². The van der Waals surface area contributed by atoms with E-state index >= 15 is 0 Å². The monoisotopic (exact) mass is 242 g/mol. The summed E-state index contributed by atoms with van der Waals surface area (Å²) in [4.78, 5) is 14.3. The summed E-state index contributed by atoms with van der Waals surface area (Å²) in [7, 11) is 0. The molecule has 0 aromatic carbocycles. The van der Waals surface area contributed by atoms with Crippen LogP contribution in [-0.4, -0.2) is 42.1 Å². The summed E-state index contributed by atoms with van der Waals surface area (Å²) in [5.74, 6) is 0.0551. The summed E-state index contributed by atoms with van der Waals surface area (Å²) in [6.07, 6.45) is 1.02. The molecule has 1 heterocycles. The largest absolute Gasteiger partial charge is 0.375 e. The predicted octanol–water partition coefficient (Wildman–Crippen LogP) is 1.39. The first-order valence-corrected chi connectivity index (χ1v) is 6.45. The van der Waals surface area contributed by atoms with Crippen molar-refractivity contribution in [2.75, 3.05) is 13.2 Å². The highest BCUT2D eigenvalue weighted by Gasteiger charge is 2.36. The molecule has 0 aromatic heterocycles. The van der Waals surface area contributed by atoms with Crippen LogP contribution in [0.4, 0.5) is 0 Å². The topological polar surface area (TPSA) is 55.6 Å². The number of rotatable bonds is 2. The molecule has 0 saturated carbocycles. The summed E-state index contributed by atoms with van der Waals surface area (Å²) in [6, 6.07) is -0.269. The third-order valence-corrected chi connectivity index (χ3v) is 3.42. The summed E-state index contributed by atoms with van der Waals surface area (Å²) >= 11 is 0. The van der Waals surface area contributed by atoms with Gasteiger partial charge in [-0.15, -0.1) is 0 Å². The molecule has 1 rings (SSSR count). The zero-order chi connectivity index (χ0) is 13.2. The quantitative estimate of drug-likeness (QED) is 0.796. The van der Waals surface area contributed by atoms with E-state index in [0.717, 1.165) is 6.42 Å². The third-order valence-electron chi connectivity index (χ3n) is 3.42. The van der Waals surface area contributed by atoms with Gasteiger partial charge in [-0.05, 0) is 18.8 Å². The number of nitrogens with zero attached hydrogens (tertiary/aromatic N) is 1. The minimum Gasteiger partial charge on any atom is -0.375 e. The second kappa shape index (κ2) is 5.36. The molecule has 1 aliphatic rings. The molecule has 2 N–H and O–H groups in total. The highest BCUT2D eigenvalue weighted by Crippen LogP contribution is 2.22. The molecular formula is C13H26N2O2. The zero-order valence-electron chi connectivity index (χ0n) is 11.7. The number of hydrogen-bond donors (Lipinski definition) is 1. The van der Waals surface area contributed by atoms with Gasteiger partial charge in [0.15, 0.2) is 0 Å². The lowest BCUT2D eigenvalue weighted by molar-refractivity contribution is -0.148. The third kappa shape index (κ3) is 3.42. The van der Waals surface area contributed by atoms with Crippen molar-refractivity contribution in [1.29, 1.82) is 0 Å². The van der Waals surface area contributed by atoms with Gasteiger partial charge in [0.05, 0.1) is 24.8 Å². The number of ether oxygens (including phenoxy) is 1. The number of carbonyl (C=O) groups is 1. The van der Waals surface area contributed by atoms with Crippen LogP contribution in [0.1, 0.15) is 41.0 Å². The van der Waals surface area contributed by atoms with Crippen LogP contribution >= 0.6 is 0 Å². The van der Waals surface area contributed by atoms with Gasteiger partial charge in [-0.1, -0.05) is 27.7 Å². The van der Waals surface area contributed by atoms with Gasteiger partial charge in [0.1, 0.15) is 0 Å². The Bertz CT molecular complexity index is 273. The van der Waals surface area contributed by atoms with Crippen molar-refractivity contribution in [2.45, 2.75) is 59.2 Å². The molecule has 0 aliphatic carbocycles. The maximum Gasteiger partial charge on any atom is 0.240 e. The van der Waals surface area contributed by atoms with Crippen LogP contribution in [-0.2, 0) is 9.53 Å². The van der Waals surface area contributed by atoms with Crippen molar-refractivity contribution in [2.24, 2.45) is 11.1 Å². The molecule has 100 valence electrons. The maximum atomic E-state index is 12.4. The zero-order valence-corrected chi connectivity index (χ0v) is 11.7. The van der Waals surface area contributed by atoms with Gasteiger partial charge in [0.2, 0.25) is 5.91 Å². The van der Waals surface area contributed by atoms with Crippen LogP contribution < -0.4 is 5.73 Å². The number of amides is 1. The minimum atomic E-state index is -0.443. The van der Waals surface area contributed by atoms with Crippen LogP contribution in [0.25, 0.3) is 0 Å². The first kappa shape index (κ1) is 14.5. The highest BCUT2D eigenvalue weighted by molar-refractivity contribution is 5.82. The maximum absolute atomic E-state index is 12.4. The number of hydrogen-bond acceptors (Lipinski definition) is 3. The van der Waals surface area contributed by atoms with E-state index in [0.29, 0.717) is 13.2 Å². The molecule has 4 nitrogen and oxygen atoms in total. The fourth-order valence-electron chi connectivity index (χ4n) is 2.00. The van der Waals surface area contributed by atoms with Crippen LogP contribution in [0.3, 0.4) is 0 Å². The van der Waals surface area contributed by atoms with Gasteiger partial charge in [-0.3, -0.25) is 4.79 Å². The number of morpholine rings is 1. The standard InChI is InChI=1S/C13H26N2O2/c1-6-10-8-17-9(2)7-15(10)12(16)11(14)13(3,4)5/h9-11H,6-8,14H2,1-5H3/t9?,10?,11-/m0/s1. The van der Waals surface area contributed by atoms with Crippen LogP contribution in [0.5, 0.6) is 0 Å². The predicted molar refractivity (Wildman–Crippen MR) is 68.6 cm³/mol. The fraction of sp³-hybridized carbons (Fsp3) is 0.923. The fourth-order valence-corrected chi connectivity index (χ4v) is 2.00. The van der Waals surface area contributed by atoms with Crippen molar-refractivity contribution in [3.63, 3.8) is 0 Å². The summed E-state index contributed by atoms with van der Waals surface area (Å²) in [6.45, 7) is 11.4. The molecular weight excluding hydrogens is 216 g/mol. The molecule has 1 aliphatic heterocycles. The lowest BCUT2D eigenvalue weighted by atomic mass is 9.86. The van der Waals surface area contributed by atoms with Crippen molar-refractivity contribution >= 4 is 5.91 Å². The Labute approximate surface area is 104 Å². The summed E-state index contributed by atoms with van der Waals surface area (Å²) in [5, 5.41) is 0. The Kier molecular flexibility index (Phi) is 4.55. The highest BCUT2D eigenvalue weighted by atomic mass is 16.5. The molecule has 17 heavy (non-hydrogen) atoms. The molecule has 1 fully saturated rings. The Morgan fingerprint density at radius 3 is 2.59 bits per heavy atom. The molecule has 0 radical (unpaired) electrons. The molecule has 3 atom stereocenters. The first-order valence-electron chi connectivity index (χ1n) is 6.45. The van der Waals surface area contributed by atoms with Crippen molar-refractivity contribution < 1.29 is 9.53 Å². The Hall–Kier alpha value is -0.610. The van der Waals surface area contributed by atoms with E-state index in [1.807, 2.05) is 32.6 Å². The van der Waals surface area contributed by atoms with E-state index < -0.39 is 6.04 Å². The van der Waals surface area contributed by atoms with Gasteiger partial charge in [0.25, 0.3) is 0 Å². The van der Waals surface area contributed by atoms with Gasteiger partial charge < -0.3 is 15.4 Å². The van der Waals surface area contributed by atoms with E-state index in [1.54, 1.807) is 0 Å². The molecule has 1 saturated heterocycles. The summed E-state index contributed by atoms with van der Waals surface area (Å²) in [5.41, 5.74) is 5.86. The lowest BCUT2D eigenvalue weighted by Gasteiger charge is -2.41. The molecule has 1 amide bonds. The first-order chi connectivity index (χ1) is 7.77. The van der Waals surface area contributed by atoms with E-state index in [9.17, 15) is 4.79 Å². The second-order valence-corrected chi connectivity index (χ2v) is 6.04. The SMILES string of the molecule is CCC1COC(C)CN1C(=O)[C@H](N)C(C)(C)C. The lowest BCUT2D eigenvalue weighted by Crippen LogP contribution is -2.58. The van der Waals surface area contributed by atoms with Gasteiger partial charge >= 0.3 is 0 Å². The molecule has 0 aromatic rings. The molecule has 0 spiro atoms. The van der Waals surface area contributed by atoms with Crippen molar-refractivity contribution in [3.8, 4) is 0 Å². The molecule has 0 bridgehead atoms. The summed E-state index contributed by atoms with van der Waals surface area (Å²) < 4.78 is 5.59. The second-order valence-electron chi connectivity index (χ2n) is 6.04. The molecule has 2 unspecified atom stereocenters. The Balaban J connectivity index is 2.77. The number of carbonyl (C=O) groups excluding carboxylic acids is 1. The van der Waals surface area contributed by atoms with Gasteiger partial charge in [-0.25, -0.2) is 0 Å². The average Bonchev–Trinajstić information content (AvgIpc) is 2.25. The minimum absolute atomic E-state index is 0.0551. The van der Waals surface area contributed by atoms with Gasteiger partial charge in [0, 0.05) is 6.54 Å². The van der Waals surface area contributed by atoms with Crippen LogP contribution in [0.15, 0.2) is 0 Å². The van der Waals surface area contributed by atoms with E-state index in [1.165, 1.54) is 0 Å². The molecule has 4 heteroatoms. The Morgan fingerprint density at radius 2 is 2.12 bits per heavy atom. The van der Waals surface area contributed by atoms with Crippen LogP contribution in [0.2, 0.25) is 0 Å². The number of nitrogens with two attached hydrogens (primary N) is 1. The van der Waals surface area contributed by atoms with E-state index in [-0.39, 0.29) is 23.5 Å².